The van der Waals surface area contributed by atoms with Gasteiger partial charge in [0.05, 0.1) is 18.8 Å². The van der Waals surface area contributed by atoms with Crippen LogP contribution in [0, 0.1) is 0 Å². The fourth-order valence-electron chi connectivity index (χ4n) is 1.26. The smallest absolute Gasteiger partial charge is 0.184 e. The van der Waals surface area contributed by atoms with Crippen LogP contribution in [0.5, 0.6) is 0 Å². The molecule has 4 atom stereocenters. The summed E-state index contributed by atoms with van der Waals surface area (Å²) in [6.07, 6.45) is -2.57. The van der Waals surface area contributed by atoms with E-state index in [0.29, 0.717) is 0 Å². The second-order valence-corrected chi connectivity index (χ2v) is 2.65. The Bertz CT molecular complexity index is 216. The van der Waals surface area contributed by atoms with Crippen molar-refractivity contribution in [3.8, 4) is 0 Å². The lowest BCUT2D eigenvalue weighted by Crippen LogP contribution is -2.32. The van der Waals surface area contributed by atoms with Gasteiger partial charge in [-0.3, -0.25) is 0 Å². The highest BCUT2D eigenvalue weighted by Crippen LogP contribution is 2.24. The number of aliphatic hydroxyl groups is 2. The Morgan fingerprint density at radius 2 is 2.38 bits per heavy atom. The molecule has 7 nitrogen and oxygen atoms in total. The van der Waals surface area contributed by atoms with Crippen molar-refractivity contribution in [1.82, 2.24) is 0 Å². The summed E-state index contributed by atoms with van der Waals surface area (Å²) in [4.78, 5) is 2.55. The Hall–Kier alpha value is -0.850. The number of rotatable bonds is 3. The van der Waals surface area contributed by atoms with Gasteiger partial charge >= 0.3 is 0 Å². The van der Waals surface area contributed by atoms with E-state index >= 15 is 0 Å². The van der Waals surface area contributed by atoms with E-state index in [0.717, 1.165) is 0 Å². The zero-order valence-electron chi connectivity index (χ0n) is 7.07. The molecule has 0 spiro atoms. The molecule has 1 aliphatic rings. The van der Waals surface area contributed by atoms with Gasteiger partial charge in [0.1, 0.15) is 6.10 Å². The van der Waals surface area contributed by atoms with Crippen molar-refractivity contribution in [3.05, 3.63) is 10.4 Å². The lowest BCUT2D eigenvalue weighted by Gasteiger charge is -2.11. The Labute approximate surface area is 74.5 Å². The predicted molar refractivity (Wildman–Crippen MR) is 41.7 cm³/mol. The third kappa shape index (κ3) is 1.90. The van der Waals surface area contributed by atoms with Gasteiger partial charge in [-0.25, -0.2) is 0 Å². The molecule has 0 aliphatic carbocycles. The Balaban J connectivity index is 2.73. The van der Waals surface area contributed by atoms with Gasteiger partial charge in [0, 0.05) is 12.0 Å². The standard InChI is InChI=1S/C6H11N3O4/c1-12-6-5(11)4(8-9-7)3(2-10)13-6/h3-6,10-11H,2H2,1H3/t3-,4-,5-,6-/m1/s1. The molecule has 0 saturated carbocycles. The molecule has 1 aliphatic heterocycles. The first kappa shape index (κ1) is 10.2. The van der Waals surface area contributed by atoms with Crippen LogP contribution in [0.1, 0.15) is 0 Å². The van der Waals surface area contributed by atoms with E-state index in [1.54, 1.807) is 0 Å². The van der Waals surface area contributed by atoms with Crippen LogP contribution in [0.2, 0.25) is 0 Å². The van der Waals surface area contributed by atoms with E-state index in [-0.39, 0.29) is 6.61 Å². The zero-order valence-corrected chi connectivity index (χ0v) is 7.07. The number of nitrogens with zero attached hydrogens (tertiary/aromatic N) is 3. The fraction of sp³-hybridized carbons (Fsp3) is 1.00. The normalized spacial score (nSPS) is 38.7. The van der Waals surface area contributed by atoms with Crippen LogP contribution in [0.4, 0.5) is 0 Å². The summed E-state index contributed by atoms with van der Waals surface area (Å²) in [5.41, 5.74) is 8.19. The lowest BCUT2D eigenvalue weighted by atomic mass is 10.1. The molecule has 7 heteroatoms. The molecule has 0 amide bonds. The summed E-state index contributed by atoms with van der Waals surface area (Å²) in [5.74, 6) is 0. The molecule has 0 aromatic rings. The third-order valence-electron chi connectivity index (χ3n) is 1.92. The van der Waals surface area contributed by atoms with E-state index in [4.69, 9.17) is 20.1 Å². The second kappa shape index (κ2) is 4.40. The van der Waals surface area contributed by atoms with Crippen molar-refractivity contribution in [2.45, 2.75) is 24.5 Å². The van der Waals surface area contributed by atoms with Crippen LogP contribution in [-0.4, -0.2) is 48.5 Å². The van der Waals surface area contributed by atoms with Crippen LogP contribution < -0.4 is 0 Å². The Morgan fingerprint density at radius 3 is 2.85 bits per heavy atom. The molecule has 0 radical (unpaired) electrons. The maximum atomic E-state index is 9.46. The number of hydrogen-bond donors (Lipinski definition) is 2. The lowest BCUT2D eigenvalue weighted by molar-refractivity contribution is -0.153. The first-order valence-electron chi connectivity index (χ1n) is 3.76. The highest BCUT2D eigenvalue weighted by Gasteiger charge is 2.43. The molecule has 13 heavy (non-hydrogen) atoms. The summed E-state index contributed by atoms with van der Waals surface area (Å²) in [6, 6.07) is -0.792. The molecule has 1 fully saturated rings. The van der Waals surface area contributed by atoms with Gasteiger partial charge in [-0.05, 0) is 5.53 Å². The van der Waals surface area contributed by atoms with Crippen LogP contribution in [-0.2, 0) is 9.47 Å². The number of methoxy groups -OCH3 is 1. The largest absolute Gasteiger partial charge is 0.394 e. The number of hydrogen-bond acceptors (Lipinski definition) is 5. The van der Waals surface area contributed by atoms with E-state index in [1.165, 1.54) is 7.11 Å². The molecule has 0 aromatic carbocycles. The van der Waals surface area contributed by atoms with Crippen LogP contribution in [0.15, 0.2) is 5.11 Å². The van der Waals surface area contributed by atoms with Gasteiger partial charge in [0.2, 0.25) is 0 Å². The minimum atomic E-state index is -1.03. The SMILES string of the molecule is CO[C@@H]1O[C@H](CO)[C@@H](N=[N+]=[N-])[C@H]1O. The molecule has 0 unspecified atom stereocenters. The van der Waals surface area contributed by atoms with Gasteiger partial charge in [-0.15, -0.1) is 0 Å². The average molecular weight is 189 g/mol. The predicted octanol–water partition coefficient (Wildman–Crippen LogP) is -0.610. The molecular formula is C6H11N3O4. The Morgan fingerprint density at radius 1 is 1.69 bits per heavy atom. The molecular weight excluding hydrogens is 178 g/mol. The topological polar surface area (TPSA) is 108 Å². The van der Waals surface area contributed by atoms with Gasteiger partial charge < -0.3 is 19.7 Å². The third-order valence-corrected chi connectivity index (χ3v) is 1.92. The van der Waals surface area contributed by atoms with E-state index < -0.39 is 24.5 Å². The Kier molecular flexibility index (Phi) is 3.47. The van der Waals surface area contributed by atoms with Crippen molar-refractivity contribution >= 4 is 0 Å². The van der Waals surface area contributed by atoms with E-state index in [1.807, 2.05) is 0 Å². The highest BCUT2D eigenvalue weighted by atomic mass is 16.7. The van der Waals surface area contributed by atoms with Crippen LogP contribution >= 0.6 is 0 Å². The molecule has 74 valence electrons. The van der Waals surface area contributed by atoms with Gasteiger partial charge in [0.25, 0.3) is 0 Å². The van der Waals surface area contributed by atoms with Crippen LogP contribution in [0.3, 0.4) is 0 Å². The average Bonchev–Trinajstić information content (AvgIpc) is 2.45. The first-order valence-corrected chi connectivity index (χ1v) is 3.76. The monoisotopic (exact) mass is 189 g/mol. The summed E-state index contributed by atoms with van der Waals surface area (Å²) >= 11 is 0. The molecule has 2 N–H and O–H groups in total. The second-order valence-electron chi connectivity index (χ2n) is 2.65. The summed E-state index contributed by atoms with van der Waals surface area (Å²) < 4.78 is 9.82. The van der Waals surface area contributed by atoms with Crippen molar-refractivity contribution in [1.29, 1.82) is 0 Å². The number of aliphatic hydroxyl groups excluding tert-OH is 2. The minimum Gasteiger partial charge on any atom is -0.394 e. The molecule has 1 heterocycles. The highest BCUT2D eigenvalue weighted by molar-refractivity contribution is 4.92. The fourth-order valence-corrected chi connectivity index (χ4v) is 1.26. The minimum absolute atomic E-state index is 0.319. The summed E-state index contributed by atoms with van der Waals surface area (Å²) in [6.45, 7) is -0.319. The number of azide groups is 1. The maximum Gasteiger partial charge on any atom is 0.184 e. The number of ether oxygens (including phenoxy) is 2. The summed E-state index contributed by atoms with van der Waals surface area (Å²) in [5, 5.41) is 21.6. The van der Waals surface area contributed by atoms with Crippen molar-refractivity contribution in [3.63, 3.8) is 0 Å². The first-order chi connectivity index (χ1) is 6.24. The van der Waals surface area contributed by atoms with E-state index in [2.05, 4.69) is 10.0 Å². The molecule has 1 rings (SSSR count). The van der Waals surface area contributed by atoms with Gasteiger partial charge in [-0.1, -0.05) is 5.11 Å². The quantitative estimate of drug-likeness (QED) is 0.350. The van der Waals surface area contributed by atoms with Gasteiger partial charge in [-0.2, -0.15) is 0 Å². The van der Waals surface area contributed by atoms with Crippen molar-refractivity contribution in [2.24, 2.45) is 5.11 Å². The van der Waals surface area contributed by atoms with E-state index in [9.17, 15) is 5.11 Å². The van der Waals surface area contributed by atoms with Crippen LogP contribution in [0.25, 0.3) is 10.4 Å². The summed E-state index contributed by atoms with van der Waals surface area (Å²) in [7, 11) is 1.36. The van der Waals surface area contributed by atoms with Gasteiger partial charge in [0.15, 0.2) is 6.29 Å². The van der Waals surface area contributed by atoms with Crippen molar-refractivity contribution in [2.75, 3.05) is 13.7 Å². The van der Waals surface area contributed by atoms with Crippen molar-refractivity contribution < 1.29 is 19.7 Å². The molecule has 1 saturated heterocycles. The maximum absolute atomic E-state index is 9.46. The molecule has 0 bridgehead atoms. The zero-order chi connectivity index (χ0) is 9.84. The molecule has 0 aromatic heterocycles.